The van der Waals surface area contributed by atoms with Crippen molar-refractivity contribution in [1.29, 1.82) is 0 Å². The highest BCUT2D eigenvalue weighted by Gasteiger charge is 2.06. The third kappa shape index (κ3) is 2.24. The zero-order valence-corrected chi connectivity index (χ0v) is 9.90. The van der Waals surface area contributed by atoms with Crippen molar-refractivity contribution in [2.75, 3.05) is 11.2 Å². The molecular weight excluding hydrogens is 240 g/mol. The Labute approximate surface area is 103 Å². The van der Waals surface area contributed by atoms with Crippen LogP contribution in [0.3, 0.4) is 0 Å². The fraction of sp³-hybridized carbons (Fsp3) is 0.0909. The van der Waals surface area contributed by atoms with Gasteiger partial charge >= 0.3 is 0 Å². The second kappa shape index (κ2) is 4.47. The maximum absolute atomic E-state index is 11.6. The molecule has 0 atom stereocenters. The Kier molecular flexibility index (Phi) is 3.01. The van der Waals surface area contributed by atoms with Crippen LogP contribution in [-0.4, -0.2) is 9.66 Å². The van der Waals surface area contributed by atoms with Gasteiger partial charge in [-0.25, -0.2) is 4.98 Å². The van der Waals surface area contributed by atoms with Crippen LogP contribution in [0.5, 0.6) is 0 Å². The molecule has 0 amide bonds. The van der Waals surface area contributed by atoms with Crippen LogP contribution in [0.25, 0.3) is 0 Å². The average molecular weight is 251 g/mol. The van der Waals surface area contributed by atoms with Gasteiger partial charge in [-0.2, -0.15) is 4.68 Å². The Balaban J connectivity index is 2.41. The van der Waals surface area contributed by atoms with Gasteiger partial charge in [-0.3, -0.25) is 4.79 Å². The minimum atomic E-state index is -0.297. The van der Waals surface area contributed by atoms with E-state index in [0.717, 1.165) is 4.68 Å². The lowest BCUT2D eigenvalue weighted by Crippen LogP contribution is -2.31. The molecule has 2 rings (SSSR count). The summed E-state index contributed by atoms with van der Waals surface area (Å²) in [6.45, 7) is 1.65. The summed E-state index contributed by atoms with van der Waals surface area (Å²) in [5, 5.41) is 3.43. The van der Waals surface area contributed by atoms with Crippen LogP contribution < -0.4 is 16.7 Å². The highest BCUT2D eigenvalue weighted by molar-refractivity contribution is 6.33. The minimum Gasteiger partial charge on any atom is -0.333 e. The number of benzene rings is 1. The quantitative estimate of drug-likeness (QED) is 0.795. The van der Waals surface area contributed by atoms with Gasteiger partial charge in [0.2, 0.25) is 5.95 Å². The Morgan fingerprint density at radius 2 is 2.12 bits per heavy atom. The van der Waals surface area contributed by atoms with Crippen molar-refractivity contribution in [3.05, 3.63) is 51.4 Å². The number of para-hydroxylation sites is 1. The highest BCUT2D eigenvalue weighted by atomic mass is 35.5. The number of rotatable bonds is 2. The number of halogens is 1. The monoisotopic (exact) mass is 250 g/mol. The fourth-order valence-electron chi connectivity index (χ4n) is 1.34. The zero-order chi connectivity index (χ0) is 12.4. The van der Waals surface area contributed by atoms with Crippen LogP contribution in [0.2, 0.25) is 5.02 Å². The van der Waals surface area contributed by atoms with Gasteiger partial charge in [-0.1, -0.05) is 23.7 Å². The van der Waals surface area contributed by atoms with Gasteiger partial charge in [0.05, 0.1) is 10.7 Å². The lowest BCUT2D eigenvalue weighted by atomic mass is 10.3. The van der Waals surface area contributed by atoms with E-state index in [2.05, 4.69) is 10.3 Å². The average Bonchev–Trinajstić information content (AvgIpc) is 2.32. The number of nitrogen functional groups attached to an aromatic ring is 1. The van der Waals surface area contributed by atoms with Gasteiger partial charge in [0.1, 0.15) is 0 Å². The number of aryl methyl sites for hydroxylation is 1. The first kappa shape index (κ1) is 11.5. The van der Waals surface area contributed by atoms with E-state index in [1.807, 2.05) is 12.1 Å². The zero-order valence-electron chi connectivity index (χ0n) is 9.14. The van der Waals surface area contributed by atoms with Crippen molar-refractivity contribution in [3.8, 4) is 0 Å². The first-order chi connectivity index (χ1) is 8.09. The predicted molar refractivity (Wildman–Crippen MR) is 68.1 cm³/mol. The number of hydrogen-bond donors (Lipinski definition) is 2. The lowest BCUT2D eigenvalue weighted by Gasteiger charge is -2.10. The van der Waals surface area contributed by atoms with Gasteiger partial charge in [-0.05, 0) is 19.1 Å². The summed E-state index contributed by atoms with van der Waals surface area (Å²) < 4.78 is 0.957. The van der Waals surface area contributed by atoms with E-state index in [1.54, 1.807) is 19.1 Å². The normalized spacial score (nSPS) is 10.2. The Morgan fingerprint density at radius 1 is 1.41 bits per heavy atom. The lowest BCUT2D eigenvalue weighted by molar-refractivity contribution is 0.886. The van der Waals surface area contributed by atoms with Gasteiger partial charge < -0.3 is 11.2 Å². The second-order valence-electron chi connectivity index (χ2n) is 3.54. The molecule has 1 heterocycles. The first-order valence-electron chi connectivity index (χ1n) is 4.95. The van der Waals surface area contributed by atoms with Crippen LogP contribution in [-0.2, 0) is 0 Å². The molecule has 88 valence electrons. The van der Waals surface area contributed by atoms with Gasteiger partial charge in [0.15, 0.2) is 0 Å². The van der Waals surface area contributed by atoms with Crippen molar-refractivity contribution in [2.24, 2.45) is 0 Å². The first-order valence-corrected chi connectivity index (χ1v) is 5.32. The van der Waals surface area contributed by atoms with Crippen molar-refractivity contribution in [3.63, 3.8) is 0 Å². The van der Waals surface area contributed by atoms with Crippen molar-refractivity contribution in [2.45, 2.75) is 6.92 Å². The van der Waals surface area contributed by atoms with E-state index < -0.39 is 0 Å². The molecule has 0 bridgehead atoms. The summed E-state index contributed by atoms with van der Waals surface area (Å²) in [6.07, 6.45) is 1.46. The molecule has 0 saturated heterocycles. The number of anilines is 2. The molecular formula is C11H11ClN4O. The van der Waals surface area contributed by atoms with Crippen molar-refractivity contribution >= 4 is 23.2 Å². The highest BCUT2D eigenvalue weighted by Crippen LogP contribution is 2.22. The molecule has 1 aromatic heterocycles. The van der Waals surface area contributed by atoms with Gasteiger partial charge in [0, 0.05) is 11.8 Å². The summed E-state index contributed by atoms with van der Waals surface area (Å²) in [7, 11) is 0. The number of hydrogen-bond acceptors (Lipinski definition) is 4. The van der Waals surface area contributed by atoms with E-state index in [0.29, 0.717) is 16.3 Å². The van der Waals surface area contributed by atoms with Crippen LogP contribution in [0.1, 0.15) is 5.56 Å². The molecule has 0 saturated carbocycles. The maximum Gasteiger partial charge on any atom is 0.276 e. The molecule has 0 aliphatic heterocycles. The Hall–Kier alpha value is -2.01. The molecule has 1 aromatic carbocycles. The molecule has 2 aromatic rings. The molecule has 5 nitrogen and oxygen atoms in total. The Bertz CT molecular complexity index is 609. The van der Waals surface area contributed by atoms with Gasteiger partial charge in [0.25, 0.3) is 5.56 Å². The van der Waals surface area contributed by atoms with E-state index in [9.17, 15) is 4.79 Å². The SMILES string of the molecule is Cc1cnc(Nc2ccccc2Cl)n(N)c1=O. The van der Waals surface area contributed by atoms with Crippen molar-refractivity contribution in [1.82, 2.24) is 9.66 Å². The Morgan fingerprint density at radius 3 is 2.82 bits per heavy atom. The maximum atomic E-state index is 11.6. The smallest absolute Gasteiger partial charge is 0.276 e. The van der Waals surface area contributed by atoms with Crippen LogP contribution in [0, 0.1) is 6.92 Å². The fourth-order valence-corrected chi connectivity index (χ4v) is 1.52. The number of nitrogens with two attached hydrogens (primary N) is 1. The van der Waals surface area contributed by atoms with E-state index >= 15 is 0 Å². The molecule has 0 unspecified atom stereocenters. The van der Waals surface area contributed by atoms with Crippen LogP contribution in [0.4, 0.5) is 11.6 Å². The standard InChI is InChI=1S/C11H11ClN4O/c1-7-6-14-11(16(13)10(7)17)15-9-5-3-2-4-8(9)12/h2-6H,13H2,1H3,(H,14,15). The van der Waals surface area contributed by atoms with E-state index in [1.165, 1.54) is 6.20 Å². The van der Waals surface area contributed by atoms with Gasteiger partial charge in [-0.15, -0.1) is 0 Å². The number of nitrogens with one attached hydrogen (secondary N) is 1. The molecule has 0 spiro atoms. The molecule has 0 fully saturated rings. The summed E-state index contributed by atoms with van der Waals surface area (Å²) in [4.78, 5) is 15.6. The molecule has 17 heavy (non-hydrogen) atoms. The summed E-state index contributed by atoms with van der Waals surface area (Å²) in [5.41, 5.74) is 0.830. The van der Waals surface area contributed by atoms with Crippen molar-refractivity contribution < 1.29 is 0 Å². The second-order valence-corrected chi connectivity index (χ2v) is 3.95. The third-order valence-corrected chi connectivity index (χ3v) is 2.61. The number of nitrogens with zero attached hydrogens (tertiary/aromatic N) is 2. The molecule has 0 aliphatic rings. The van der Waals surface area contributed by atoms with E-state index in [4.69, 9.17) is 17.4 Å². The molecule has 6 heteroatoms. The molecule has 0 radical (unpaired) electrons. The topological polar surface area (TPSA) is 72.9 Å². The summed E-state index contributed by atoms with van der Waals surface area (Å²) >= 11 is 5.98. The summed E-state index contributed by atoms with van der Waals surface area (Å²) in [6, 6.07) is 7.14. The van der Waals surface area contributed by atoms with Crippen LogP contribution in [0.15, 0.2) is 35.3 Å². The largest absolute Gasteiger partial charge is 0.333 e. The minimum absolute atomic E-state index is 0.244. The third-order valence-electron chi connectivity index (χ3n) is 2.29. The molecule has 0 aliphatic carbocycles. The predicted octanol–water partition coefficient (Wildman–Crippen LogP) is 1.66. The number of aromatic nitrogens is 2. The van der Waals surface area contributed by atoms with E-state index in [-0.39, 0.29) is 11.5 Å². The molecule has 3 N–H and O–H groups in total. The van der Waals surface area contributed by atoms with Crippen LogP contribution >= 0.6 is 11.6 Å². The summed E-state index contributed by atoms with van der Waals surface area (Å²) in [5.74, 6) is 5.86.